The predicted molar refractivity (Wildman–Crippen MR) is 115 cm³/mol. The van der Waals surface area contributed by atoms with E-state index in [0.717, 1.165) is 16.7 Å². The predicted octanol–water partition coefficient (Wildman–Crippen LogP) is 5.45. The summed E-state index contributed by atoms with van der Waals surface area (Å²) in [5.74, 6) is 0.738. The topological polar surface area (TPSA) is 60.2 Å². The monoisotopic (exact) mass is 403 g/mol. The van der Waals surface area contributed by atoms with E-state index in [-0.39, 0.29) is 0 Å². The fourth-order valence-corrected chi connectivity index (χ4v) is 4.55. The number of sulfone groups is 1. The molecule has 0 bridgehead atoms. The summed E-state index contributed by atoms with van der Waals surface area (Å²) in [4.78, 5) is 4.70. The highest BCUT2D eigenvalue weighted by molar-refractivity contribution is 7.91. The molecule has 0 spiro atoms. The molecule has 0 saturated carbocycles. The lowest BCUT2D eigenvalue weighted by Gasteiger charge is -2.15. The van der Waals surface area contributed by atoms with Gasteiger partial charge < -0.3 is 4.42 Å². The van der Waals surface area contributed by atoms with Crippen LogP contribution >= 0.6 is 0 Å². The Labute approximate surface area is 170 Å². The number of oxazole rings is 1. The molecule has 4 rings (SSSR count). The maximum absolute atomic E-state index is 12.9. The van der Waals surface area contributed by atoms with E-state index in [1.165, 1.54) is 6.26 Å². The number of aryl methyl sites for hydroxylation is 1. The number of aromatic nitrogens is 1. The van der Waals surface area contributed by atoms with Gasteiger partial charge in [0.2, 0.25) is 5.89 Å². The maximum atomic E-state index is 12.9. The first kappa shape index (κ1) is 19.2. The smallest absolute Gasteiger partial charge is 0.226 e. The second-order valence-electron chi connectivity index (χ2n) is 7.08. The Hall–Kier alpha value is -3.18. The molecule has 3 aromatic carbocycles. The van der Waals surface area contributed by atoms with Gasteiger partial charge in [0, 0.05) is 17.4 Å². The fourth-order valence-electron chi connectivity index (χ4n) is 3.35. The van der Waals surface area contributed by atoms with Gasteiger partial charge in [0.05, 0.1) is 0 Å². The molecule has 0 aliphatic carbocycles. The van der Waals surface area contributed by atoms with Gasteiger partial charge in [-0.05, 0) is 24.6 Å². The van der Waals surface area contributed by atoms with Crippen LogP contribution < -0.4 is 0 Å². The Morgan fingerprint density at radius 3 is 1.90 bits per heavy atom. The van der Waals surface area contributed by atoms with Crippen molar-refractivity contribution in [1.82, 2.24) is 4.98 Å². The molecule has 1 heterocycles. The first-order valence-corrected chi connectivity index (χ1v) is 11.3. The van der Waals surface area contributed by atoms with E-state index in [1.54, 1.807) is 0 Å². The maximum Gasteiger partial charge on any atom is 0.226 e. The van der Waals surface area contributed by atoms with E-state index in [2.05, 4.69) is 0 Å². The largest absolute Gasteiger partial charge is 0.439 e. The number of benzene rings is 3. The summed E-state index contributed by atoms with van der Waals surface area (Å²) < 4.78 is 31.9. The van der Waals surface area contributed by atoms with Crippen molar-refractivity contribution >= 4 is 9.84 Å². The second-order valence-corrected chi connectivity index (χ2v) is 9.21. The number of hydrogen-bond acceptors (Lipinski definition) is 4. The summed E-state index contributed by atoms with van der Waals surface area (Å²) in [6.07, 6.45) is 1.23. The lowest BCUT2D eigenvalue weighted by atomic mass is 10.0. The summed E-state index contributed by atoms with van der Waals surface area (Å²) in [7, 11) is -3.52. The van der Waals surface area contributed by atoms with Crippen LogP contribution in [0, 0.1) is 6.92 Å². The van der Waals surface area contributed by atoms with Crippen LogP contribution in [0.15, 0.2) is 89.3 Å². The molecular weight excluding hydrogens is 382 g/mol. The summed E-state index contributed by atoms with van der Waals surface area (Å²) in [6.45, 7) is 1.97. The third-order valence-electron chi connectivity index (χ3n) is 4.77. The fraction of sp³-hybridized carbons (Fsp3) is 0.125. The molecule has 0 saturated heterocycles. The van der Waals surface area contributed by atoms with Crippen LogP contribution in [0.2, 0.25) is 0 Å². The molecule has 146 valence electrons. The third kappa shape index (κ3) is 4.00. The normalized spacial score (nSPS) is 12.6. The molecular formula is C24H21NO3S. The molecule has 0 radical (unpaired) electrons. The Morgan fingerprint density at radius 1 is 0.793 bits per heavy atom. The van der Waals surface area contributed by atoms with E-state index >= 15 is 0 Å². The Morgan fingerprint density at radius 2 is 1.34 bits per heavy atom. The minimum Gasteiger partial charge on any atom is -0.439 e. The van der Waals surface area contributed by atoms with E-state index in [4.69, 9.17) is 9.40 Å². The first-order chi connectivity index (χ1) is 13.9. The molecule has 1 unspecified atom stereocenters. The highest BCUT2D eigenvalue weighted by atomic mass is 32.2. The zero-order valence-electron chi connectivity index (χ0n) is 16.2. The molecule has 4 aromatic rings. The van der Waals surface area contributed by atoms with Gasteiger partial charge in [-0.1, -0.05) is 78.4 Å². The van der Waals surface area contributed by atoms with Crippen molar-refractivity contribution in [2.75, 3.05) is 6.26 Å². The van der Waals surface area contributed by atoms with Crippen LogP contribution in [-0.4, -0.2) is 19.7 Å². The van der Waals surface area contributed by atoms with Crippen LogP contribution in [0.5, 0.6) is 0 Å². The van der Waals surface area contributed by atoms with E-state index < -0.39 is 15.1 Å². The molecule has 4 nitrogen and oxygen atoms in total. The molecule has 29 heavy (non-hydrogen) atoms. The minimum absolute atomic E-state index is 0.335. The highest BCUT2D eigenvalue weighted by Gasteiger charge is 2.33. The zero-order chi connectivity index (χ0) is 20.4. The first-order valence-electron chi connectivity index (χ1n) is 9.30. The van der Waals surface area contributed by atoms with Gasteiger partial charge >= 0.3 is 0 Å². The van der Waals surface area contributed by atoms with E-state index in [0.29, 0.717) is 22.9 Å². The molecule has 5 heteroatoms. The molecule has 0 aliphatic rings. The average Bonchev–Trinajstić information content (AvgIpc) is 3.15. The van der Waals surface area contributed by atoms with Gasteiger partial charge in [-0.3, -0.25) is 0 Å². The van der Waals surface area contributed by atoms with Gasteiger partial charge in [-0.2, -0.15) is 0 Å². The standard InChI is InChI=1S/C24H21NO3S/c1-17-13-15-19(16-14-17)23(29(2,26)27)22-21(18-9-5-3-6-10-18)25-24(28-22)20-11-7-4-8-12-20/h3-16,23H,1-2H3. The average molecular weight is 404 g/mol. The van der Waals surface area contributed by atoms with Crippen molar-refractivity contribution in [2.45, 2.75) is 12.2 Å². The van der Waals surface area contributed by atoms with Gasteiger partial charge in [0.1, 0.15) is 10.9 Å². The lowest BCUT2D eigenvalue weighted by molar-refractivity contribution is 0.515. The number of rotatable bonds is 5. The van der Waals surface area contributed by atoms with Crippen molar-refractivity contribution in [3.05, 3.63) is 102 Å². The van der Waals surface area contributed by atoms with Crippen LogP contribution in [0.25, 0.3) is 22.7 Å². The zero-order valence-corrected chi connectivity index (χ0v) is 17.1. The van der Waals surface area contributed by atoms with Gasteiger partial charge in [-0.15, -0.1) is 0 Å². The van der Waals surface area contributed by atoms with E-state index in [9.17, 15) is 8.42 Å². The van der Waals surface area contributed by atoms with E-state index in [1.807, 2.05) is 91.9 Å². The quantitative estimate of drug-likeness (QED) is 0.444. The van der Waals surface area contributed by atoms with Gasteiger partial charge in [-0.25, -0.2) is 13.4 Å². The molecule has 0 fully saturated rings. The van der Waals surface area contributed by atoms with Crippen molar-refractivity contribution < 1.29 is 12.8 Å². The van der Waals surface area contributed by atoms with Crippen molar-refractivity contribution in [3.63, 3.8) is 0 Å². The minimum atomic E-state index is -3.52. The van der Waals surface area contributed by atoms with Gasteiger partial charge in [0.15, 0.2) is 15.6 Å². The summed E-state index contributed by atoms with van der Waals surface area (Å²) in [5.41, 5.74) is 3.87. The molecule has 1 aromatic heterocycles. The summed E-state index contributed by atoms with van der Waals surface area (Å²) >= 11 is 0. The Kier molecular flexibility index (Phi) is 5.07. The lowest BCUT2D eigenvalue weighted by Crippen LogP contribution is -2.13. The SMILES string of the molecule is Cc1ccc(C(c2oc(-c3ccccc3)nc2-c2ccccc2)S(C)(=O)=O)cc1. The molecule has 1 atom stereocenters. The van der Waals surface area contributed by atoms with Crippen LogP contribution in [0.3, 0.4) is 0 Å². The number of hydrogen-bond donors (Lipinski definition) is 0. The van der Waals surface area contributed by atoms with Crippen LogP contribution in [0.1, 0.15) is 22.1 Å². The number of nitrogens with zero attached hydrogens (tertiary/aromatic N) is 1. The van der Waals surface area contributed by atoms with Crippen LogP contribution in [0.4, 0.5) is 0 Å². The third-order valence-corrected chi connectivity index (χ3v) is 6.11. The molecule has 0 aliphatic heterocycles. The molecule has 0 amide bonds. The van der Waals surface area contributed by atoms with Crippen molar-refractivity contribution in [2.24, 2.45) is 0 Å². The Bertz CT molecular complexity index is 1210. The van der Waals surface area contributed by atoms with Crippen molar-refractivity contribution in [1.29, 1.82) is 0 Å². The second kappa shape index (κ2) is 7.68. The van der Waals surface area contributed by atoms with Crippen LogP contribution in [-0.2, 0) is 9.84 Å². The van der Waals surface area contributed by atoms with Gasteiger partial charge in [0.25, 0.3) is 0 Å². The summed E-state index contributed by atoms with van der Waals surface area (Å²) in [6, 6.07) is 26.5. The highest BCUT2D eigenvalue weighted by Crippen LogP contribution is 2.39. The molecule has 0 N–H and O–H groups in total. The van der Waals surface area contributed by atoms with Crippen molar-refractivity contribution in [3.8, 4) is 22.7 Å². The summed E-state index contributed by atoms with van der Waals surface area (Å²) in [5, 5.41) is -0.941. The Balaban J connectivity index is 1.96.